The Morgan fingerprint density at radius 3 is 2.69 bits per heavy atom. The lowest BCUT2D eigenvalue weighted by Crippen LogP contribution is -2.49. The van der Waals surface area contributed by atoms with Crippen molar-refractivity contribution in [3.05, 3.63) is 90.0 Å². The van der Waals surface area contributed by atoms with E-state index in [0.29, 0.717) is 11.4 Å². The van der Waals surface area contributed by atoms with Gasteiger partial charge in [-0.3, -0.25) is 4.99 Å². The highest BCUT2D eigenvalue weighted by molar-refractivity contribution is 6.16. The maximum absolute atomic E-state index is 12.9. The lowest BCUT2D eigenvalue weighted by molar-refractivity contribution is 0.247. The monoisotopic (exact) mass is 426 g/mol. The van der Waals surface area contributed by atoms with Crippen LogP contribution >= 0.6 is 0 Å². The van der Waals surface area contributed by atoms with Gasteiger partial charge >= 0.3 is 6.03 Å². The largest absolute Gasteiger partial charge is 0.497 e. The maximum Gasteiger partial charge on any atom is 0.320 e. The number of carbonyl (C=O) groups is 1. The molecule has 0 saturated carbocycles. The van der Waals surface area contributed by atoms with Gasteiger partial charge in [0.15, 0.2) is 0 Å². The van der Waals surface area contributed by atoms with Gasteiger partial charge in [-0.2, -0.15) is 0 Å². The second-order valence-electron chi connectivity index (χ2n) is 8.04. The molecule has 6 nitrogen and oxygen atoms in total. The van der Waals surface area contributed by atoms with Crippen LogP contribution in [0.2, 0.25) is 0 Å². The molecule has 1 saturated heterocycles. The zero-order chi connectivity index (χ0) is 21.9. The van der Waals surface area contributed by atoms with E-state index in [1.165, 1.54) is 5.69 Å². The highest BCUT2D eigenvalue weighted by atomic mass is 16.5. The minimum Gasteiger partial charge on any atom is -0.497 e. The molecule has 6 heteroatoms. The summed E-state index contributed by atoms with van der Waals surface area (Å²) >= 11 is 0. The number of urea groups is 1. The molecule has 3 aromatic carbocycles. The van der Waals surface area contributed by atoms with Crippen molar-refractivity contribution < 1.29 is 9.53 Å². The van der Waals surface area contributed by atoms with Crippen molar-refractivity contribution in [3.8, 4) is 5.75 Å². The predicted molar refractivity (Wildman–Crippen MR) is 128 cm³/mol. The number of rotatable bonds is 4. The Balaban J connectivity index is 1.49. The molecule has 2 amide bonds. The highest BCUT2D eigenvalue weighted by Crippen LogP contribution is 2.35. The Labute approximate surface area is 187 Å². The van der Waals surface area contributed by atoms with Crippen LogP contribution in [0.3, 0.4) is 0 Å². The van der Waals surface area contributed by atoms with E-state index >= 15 is 0 Å². The van der Waals surface area contributed by atoms with Crippen LogP contribution in [-0.2, 0) is 0 Å². The number of aliphatic imine (C=N–C) groups is 1. The molecule has 3 aromatic rings. The molecule has 0 aromatic heterocycles. The maximum atomic E-state index is 12.9. The molecule has 2 atom stereocenters. The molecule has 2 aliphatic heterocycles. The molecule has 2 aliphatic rings. The van der Waals surface area contributed by atoms with Gasteiger partial charge in [0.1, 0.15) is 11.9 Å². The number of amides is 2. The van der Waals surface area contributed by atoms with Gasteiger partial charge in [0.2, 0.25) is 0 Å². The fourth-order valence-electron chi connectivity index (χ4n) is 4.60. The zero-order valence-corrected chi connectivity index (χ0v) is 18.0. The molecule has 0 aliphatic carbocycles. The summed E-state index contributed by atoms with van der Waals surface area (Å²) in [4.78, 5) is 20.5. The molecular weight excluding hydrogens is 400 g/mol. The number of fused-ring (bicyclic) bond motifs is 3. The molecule has 162 valence electrons. The number of methoxy groups -OCH3 is 1. The zero-order valence-electron chi connectivity index (χ0n) is 18.0. The number of hydrogen-bond donors (Lipinski definition) is 2. The van der Waals surface area contributed by atoms with Crippen molar-refractivity contribution in [2.45, 2.75) is 25.0 Å². The van der Waals surface area contributed by atoms with Crippen LogP contribution in [0.4, 0.5) is 16.2 Å². The van der Waals surface area contributed by atoms with Crippen LogP contribution in [0.1, 0.15) is 24.0 Å². The minimum absolute atomic E-state index is 0.105. The smallest absolute Gasteiger partial charge is 0.320 e. The van der Waals surface area contributed by atoms with Crippen molar-refractivity contribution >= 4 is 23.1 Å². The van der Waals surface area contributed by atoms with E-state index in [4.69, 9.17) is 9.73 Å². The first kappa shape index (κ1) is 20.1. The summed E-state index contributed by atoms with van der Waals surface area (Å²) in [5.74, 6) is 0.694. The summed E-state index contributed by atoms with van der Waals surface area (Å²) in [5.41, 5.74) is 4.90. The van der Waals surface area contributed by atoms with E-state index in [9.17, 15) is 4.79 Å². The molecule has 1 fully saturated rings. The molecular formula is C26H26N4O2. The van der Waals surface area contributed by atoms with Crippen LogP contribution in [0, 0.1) is 0 Å². The topological polar surface area (TPSA) is 66.0 Å². The molecule has 2 N–H and O–H groups in total. The van der Waals surface area contributed by atoms with Crippen molar-refractivity contribution in [3.63, 3.8) is 0 Å². The molecule has 32 heavy (non-hydrogen) atoms. The molecule has 5 rings (SSSR count). The number of ether oxygens (including phenoxy) is 1. The van der Waals surface area contributed by atoms with Gasteiger partial charge in [0, 0.05) is 35.1 Å². The fourth-order valence-corrected chi connectivity index (χ4v) is 4.60. The van der Waals surface area contributed by atoms with Crippen molar-refractivity contribution in [1.29, 1.82) is 0 Å². The highest BCUT2D eigenvalue weighted by Gasteiger charge is 2.37. The van der Waals surface area contributed by atoms with Crippen LogP contribution in [-0.4, -0.2) is 37.6 Å². The summed E-state index contributed by atoms with van der Waals surface area (Å²) in [6, 6.07) is 25.7. The van der Waals surface area contributed by atoms with Gasteiger partial charge in [-0.1, -0.05) is 54.6 Å². The Bertz CT molecular complexity index is 1150. The number of hydrogen-bond acceptors (Lipinski definition) is 4. The number of nitrogens with one attached hydrogen (secondary N) is 2. The Hall–Kier alpha value is -3.80. The summed E-state index contributed by atoms with van der Waals surface area (Å²) in [5, 5.41) is 6.05. The summed E-state index contributed by atoms with van der Waals surface area (Å²) in [6.45, 7) is 0.953. The number of carbonyl (C=O) groups excluding carboxylic acids is 1. The third-order valence-corrected chi connectivity index (χ3v) is 6.05. The van der Waals surface area contributed by atoms with E-state index < -0.39 is 0 Å². The number of benzene rings is 3. The van der Waals surface area contributed by atoms with Gasteiger partial charge in [-0.15, -0.1) is 0 Å². The van der Waals surface area contributed by atoms with Crippen LogP contribution in [0.25, 0.3) is 0 Å². The molecule has 0 spiro atoms. The van der Waals surface area contributed by atoms with Crippen LogP contribution in [0.15, 0.2) is 83.9 Å². The van der Waals surface area contributed by atoms with Crippen LogP contribution < -0.4 is 20.3 Å². The normalized spacial score (nSPS) is 19.3. The van der Waals surface area contributed by atoms with E-state index in [-0.39, 0.29) is 18.2 Å². The third kappa shape index (κ3) is 3.91. The first-order valence-electron chi connectivity index (χ1n) is 10.9. The Kier molecular flexibility index (Phi) is 5.50. The van der Waals surface area contributed by atoms with E-state index in [0.717, 1.165) is 36.2 Å². The SMILES string of the molecule is COc1cccc(NC(=O)NC2N=C(c3ccccc3)c3ccccc3N3CCCC23)c1. The first-order chi connectivity index (χ1) is 15.7. The number of anilines is 2. The van der Waals surface area contributed by atoms with E-state index in [2.05, 4.69) is 45.9 Å². The number of nitrogens with zero attached hydrogens (tertiary/aromatic N) is 2. The number of para-hydroxylation sites is 1. The average molecular weight is 427 g/mol. The quantitative estimate of drug-likeness (QED) is 0.638. The standard InChI is InChI=1S/C26H26N4O2/c1-32-20-12-7-11-19(17-20)27-26(31)29-25-23-15-8-16-30(23)22-14-6-5-13-21(22)24(28-25)18-9-3-2-4-10-18/h2-7,9-14,17,23,25H,8,15-16H2,1H3,(H2,27,29,31). The summed E-state index contributed by atoms with van der Waals surface area (Å²) in [7, 11) is 1.61. The third-order valence-electron chi connectivity index (χ3n) is 6.05. The molecule has 2 unspecified atom stereocenters. The van der Waals surface area contributed by atoms with E-state index in [1.807, 2.05) is 42.5 Å². The minimum atomic E-state index is -0.370. The predicted octanol–water partition coefficient (Wildman–Crippen LogP) is 4.66. The average Bonchev–Trinajstić information content (AvgIpc) is 3.28. The van der Waals surface area contributed by atoms with Crippen molar-refractivity contribution in [2.24, 2.45) is 4.99 Å². The van der Waals surface area contributed by atoms with E-state index in [1.54, 1.807) is 13.2 Å². The van der Waals surface area contributed by atoms with Crippen LogP contribution in [0.5, 0.6) is 5.75 Å². The molecule has 0 radical (unpaired) electrons. The lowest BCUT2D eigenvalue weighted by Gasteiger charge is -2.30. The van der Waals surface area contributed by atoms with Crippen molar-refractivity contribution in [1.82, 2.24) is 5.32 Å². The van der Waals surface area contributed by atoms with Gasteiger partial charge in [-0.05, 0) is 31.0 Å². The Morgan fingerprint density at radius 1 is 1.03 bits per heavy atom. The second kappa shape index (κ2) is 8.75. The lowest BCUT2D eigenvalue weighted by atomic mass is 10.0. The second-order valence-corrected chi connectivity index (χ2v) is 8.04. The van der Waals surface area contributed by atoms with Gasteiger partial charge in [0.05, 0.1) is 18.9 Å². The van der Waals surface area contributed by atoms with Gasteiger partial charge in [-0.25, -0.2) is 4.79 Å². The first-order valence-corrected chi connectivity index (χ1v) is 10.9. The summed E-state index contributed by atoms with van der Waals surface area (Å²) < 4.78 is 5.26. The van der Waals surface area contributed by atoms with Crippen molar-refractivity contribution in [2.75, 3.05) is 23.9 Å². The molecule has 0 bridgehead atoms. The summed E-state index contributed by atoms with van der Waals surface area (Å²) in [6.07, 6.45) is 1.68. The Morgan fingerprint density at radius 2 is 1.84 bits per heavy atom. The molecule has 2 heterocycles. The van der Waals surface area contributed by atoms with Gasteiger partial charge in [0.25, 0.3) is 0 Å². The fraction of sp³-hybridized carbons (Fsp3) is 0.231. The van der Waals surface area contributed by atoms with Gasteiger partial charge < -0.3 is 20.3 Å².